The summed E-state index contributed by atoms with van der Waals surface area (Å²) in [4.78, 5) is 31.3. The van der Waals surface area contributed by atoms with Crippen LogP contribution in [0.4, 0.5) is 5.69 Å². The zero-order valence-electron chi connectivity index (χ0n) is 14.8. The van der Waals surface area contributed by atoms with E-state index in [2.05, 4.69) is 15.3 Å². The molecule has 0 saturated heterocycles. The van der Waals surface area contributed by atoms with Crippen LogP contribution in [0.5, 0.6) is 0 Å². The molecule has 0 bridgehead atoms. The predicted octanol–water partition coefficient (Wildman–Crippen LogP) is 4.00. The SMILES string of the molecule is Cc1ccc(-c2nc(SCC(=O)Nc3cccc(Cl)c3)[nH]c(=O)c2C#N)cc1. The number of H-pyrrole nitrogens is 1. The van der Waals surface area contributed by atoms with Gasteiger partial charge in [0.1, 0.15) is 11.6 Å². The van der Waals surface area contributed by atoms with Gasteiger partial charge in [-0.05, 0) is 25.1 Å². The number of benzene rings is 2. The molecule has 1 amide bonds. The van der Waals surface area contributed by atoms with Crippen LogP contribution in [0, 0.1) is 18.3 Å². The van der Waals surface area contributed by atoms with E-state index in [0.717, 1.165) is 17.3 Å². The second-order valence-electron chi connectivity index (χ2n) is 5.92. The number of hydrogen-bond donors (Lipinski definition) is 2. The van der Waals surface area contributed by atoms with Gasteiger partial charge in [-0.1, -0.05) is 59.3 Å². The molecule has 8 heteroatoms. The Morgan fingerprint density at radius 1 is 1.29 bits per heavy atom. The van der Waals surface area contributed by atoms with E-state index in [9.17, 15) is 14.9 Å². The molecule has 3 rings (SSSR count). The smallest absolute Gasteiger partial charge is 0.270 e. The van der Waals surface area contributed by atoms with Crippen molar-refractivity contribution >= 4 is 35.0 Å². The lowest BCUT2D eigenvalue weighted by Crippen LogP contribution is -2.17. The summed E-state index contributed by atoms with van der Waals surface area (Å²) in [5.41, 5.74) is 2.00. The summed E-state index contributed by atoms with van der Waals surface area (Å²) in [6, 6.07) is 16.1. The van der Waals surface area contributed by atoms with Gasteiger partial charge in [0.25, 0.3) is 5.56 Å². The molecular formula is C20H15ClN4O2S. The highest BCUT2D eigenvalue weighted by molar-refractivity contribution is 7.99. The Kier molecular flexibility index (Phi) is 6.14. The molecule has 0 unspecified atom stereocenters. The highest BCUT2D eigenvalue weighted by atomic mass is 35.5. The van der Waals surface area contributed by atoms with Crippen LogP contribution in [0.15, 0.2) is 58.5 Å². The van der Waals surface area contributed by atoms with E-state index in [1.165, 1.54) is 0 Å². The number of nitrogens with one attached hydrogen (secondary N) is 2. The molecule has 6 nitrogen and oxygen atoms in total. The molecule has 0 aliphatic rings. The van der Waals surface area contributed by atoms with E-state index in [1.54, 1.807) is 36.4 Å². The molecule has 140 valence electrons. The monoisotopic (exact) mass is 410 g/mol. The number of thioether (sulfide) groups is 1. The maximum absolute atomic E-state index is 12.3. The molecule has 28 heavy (non-hydrogen) atoms. The normalized spacial score (nSPS) is 10.3. The van der Waals surface area contributed by atoms with E-state index in [1.807, 2.05) is 25.1 Å². The van der Waals surface area contributed by atoms with Crippen LogP contribution in [0.1, 0.15) is 11.1 Å². The number of carbonyl (C=O) groups is 1. The molecule has 0 radical (unpaired) electrons. The van der Waals surface area contributed by atoms with Crippen LogP contribution < -0.4 is 10.9 Å². The lowest BCUT2D eigenvalue weighted by Gasteiger charge is -2.08. The number of nitriles is 1. The van der Waals surface area contributed by atoms with Crippen LogP contribution in [0.3, 0.4) is 0 Å². The molecule has 2 N–H and O–H groups in total. The fraction of sp³-hybridized carbons (Fsp3) is 0.100. The molecule has 0 atom stereocenters. The Balaban J connectivity index is 1.79. The second kappa shape index (κ2) is 8.74. The summed E-state index contributed by atoms with van der Waals surface area (Å²) < 4.78 is 0. The summed E-state index contributed by atoms with van der Waals surface area (Å²) in [7, 11) is 0. The fourth-order valence-electron chi connectivity index (χ4n) is 2.44. The third kappa shape index (κ3) is 4.80. The fourth-order valence-corrected chi connectivity index (χ4v) is 3.29. The van der Waals surface area contributed by atoms with Crippen molar-refractivity contribution < 1.29 is 4.79 Å². The number of anilines is 1. The number of amides is 1. The van der Waals surface area contributed by atoms with Crippen LogP contribution in [0.25, 0.3) is 11.3 Å². The van der Waals surface area contributed by atoms with Gasteiger partial charge < -0.3 is 10.3 Å². The van der Waals surface area contributed by atoms with Gasteiger partial charge in [-0.25, -0.2) is 4.98 Å². The number of rotatable bonds is 5. The Morgan fingerprint density at radius 3 is 2.71 bits per heavy atom. The van der Waals surface area contributed by atoms with Gasteiger partial charge in [-0.3, -0.25) is 9.59 Å². The second-order valence-corrected chi connectivity index (χ2v) is 7.32. The van der Waals surface area contributed by atoms with E-state index >= 15 is 0 Å². The minimum absolute atomic E-state index is 0.0364. The van der Waals surface area contributed by atoms with Gasteiger partial charge in [-0.15, -0.1) is 0 Å². The first-order chi connectivity index (χ1) is 13.5. The molecule has 0 aliphatic heterocycles. The number of aromatic amines is 1. The van der Waals surface area contributed by atoms with Gasteiger partial charge >= 0.3 is 0 Å². The lowest BCUT2D eigenvalue weighted by molar-refractivity contribution is -0.113. The summed E-state index contributed by atoms with van der Waals surface area (Å²) >= 11 is 6.98. The van der Waals surface area contributed by atoms with Gasteiger partial charge in [0, 0.05) is 16.3 Å². The van der Waals surface area contributed by atoms with Crippen LogP contribution in [-0.4, -0.2) is 21.6 Å². The number of nitrogens with zero attached hydrogens (tertiary/aromatic N) is 2. The van der Waals surface area contributed by atoms with Crippen molar-refractivity contribution in [3.05, 3.63) is 75.0 Å². The van der Waals surface area contributed by atoms with Crippen LogP contribution in [-0.2, 0) is 4.79 Å². The van der Waals surface area contributed by atoms with Crippen molar-refractivity contribution in [1.29, 1.82) is 5.26 Å². The summed E-state index contributed by atoms with van der Waals surface area (Å²) in [5, 5.41) is 12.8. The van der Waals surface area contributed by atoms with Gasteiger partial charge in [0.2, 0.25) is 5.91 Å². The molecule has 0 aliphatic carbocycles. The number of halogens is 1. The average molecular weight is 411 g/mol. The first kappa shape index (κ1) is 19.7. The molecular weight excluding hydrogens is 396 g/mol. The van der Waals surface area contributed by atoms with E-state index in [-0.39, 0.29) is 22.4 Å². The minimum Gasteiger partial charge on any atom is -0.325 e. The highest BCUT2D eigenvalue weighted by Gasteiger charge is 2.14. The Labute approximate surface area is 170 Å². The number of aryl methyl sites for hydroxylation is 1. The molecule has 0 spiro atoms. The van der Waals surface area contributed by atoms with Crippen molar-refractivity contribution in [2.24, 2.45) is 0 Å². The van der Waals surface area contributed by atoms with Crippen LogP contribution >= 0.6 is 23.4 Å². The molecule has 1 heterocycles. The van der Waals surface area contributed by atoms with Crippen molar-refractivity contribution in [1.82, 2.24) is 9.97 Å². The predicted molar refractivity (Wildman–Crippen MR) is 111 cm³/mol. The van der Waals surface area contributed by atoms with Crippen molar-refractivity contribution in [3.8, 4) is 17.3 Å². The lowest BCUT2D eigenvalue weighted by atomic mass is 10.1. The van der Waals surface area contributed by atoms with Gasteiger partial charge in [-0.2, -0.15) is 5.26 Å². The van der Waals surface area contributed by atoms with E-state index in [0.29, 0.717) is 22.0 Å². The van der Waals surface area contributed by atoms with Crippen molar-refractivity contribution in [3.63, 3.8) is 0 Å². The first-order valence-corrected chi connectivity index (χ1v) is 9.62. The summed E-state index contributed by atoms with van der Waals surface area (Å²) in [6.45, 7) is 1.94. The van der Waals surface area contributed by atoms with Crippen LogP contribution in [0.2, 0.25) is 5.02 Å². The molecule has 2 aromatic carbocycles. The van der Waals surface area contributed by atoms with Gasteiger partial charge in [0.05, 0.1) is 11.4 Å². The zero-order valence-corrected chi connectivity index (χ0v) is 16.4. The number of carbonyl (C=O) groups excluding carboxylic acids is 1. The maximum Gasteiger partial charge on any atom is 0.270 e. The highest BCUT2D eigenvalue weighted by Crippen LogP contribution is 2.23. The van der Waals surface area contributed by atoms with Crippen molar-refractivity contribution in [2.45, 2.75) is 12.1 Å². The summed E-state index contributed by atoms with van der Waals surface area (Å²) in [5.74, 6) is -0.231. The van der Waals surface area contributed by atoms with E-state index < -0.39 is 5.56 Å². The number of hydrogen-bond acceptors (Lipinski definition) is 5. The molecule has 1 aromatic heterocycles. The topological polar surface area (TPSA) is 98.6 Å². The standard InChI is InChI=1S/C20H15ClN4O2S/c1-12-5-7-13(8-6-12)18-16(10-22)19(27)25-20(24-18)28-11-17(26)23-15-4-2-3-14(21)9-15/h2-9H,11H2,1H3,(H,23,26)(H,24,25,27). The zero-order chi connectivity index (χ0) is 20.1. The average Bonchev–Trinajstić information content (AvgIpc) is 2.66. The molecule has 0 fully saturated rings. The summed E-state index contributed by atoms with van der Waals surface area (Å²) in [6.07, 6.45) is 0. The Bertz CT molecular complexity index is 1120. The Hall–Kier alpha value is -3.08. The quantitative estimate of drug-likeness (QED) is 0.489. The first-order valence-electron chi connectivity index (χ1n) is 8.26. The van der Waals surface area contributed by atoms with E-state index in [4.69, 9.17) is 11.6 Å². The van der Waals surface area contributed by atoms with Gasteiger partial charge in [0.15, 0.2) is 5.16 Å². The minimum atomic E-state index is -0.536. The number of aromatic nitrogens is 2. The maximum atomic E-state index is 12.3. The Morgan fingerprint density at radius 2 is 2.04 bits per heavy atom. The molecule has 0 saturated carbocycles. The third-order valence-electron chi connectivity index (χ3n) is 3.78. The largest absolute Gasteiger partial charge is 0.325 e. The van der Waals surface area contributed by atoms with Crippen molar-refractivity contribution in [2.75, 3.05) is 11.1 Å². The third-order valence-corrected chi connectivity index (χ3v) is 4.89. The molecule has 3 aromatic rings.